The smallest absolute Gasteiger partial charge is 0.352 e. The lowest BCUT2D eigenvalue weighted by molar-refractivity contribution is 0.0689. The van der Waals surface area contributed by atoms with Crippen LogP contribution in [0.4, 0.5) is 0 Å². The number of fused-ring (bicyclic) bond motifs is 1. The zero-order valence-corrected chi connectivity index (χ0v) is 7.47. The molecule has 2 heterocycles. The molecular weight excluding hydrogens is 184 g/mol. The van der Waals surface area contributed by atoms with E-state index in [4.69, 9.17) is 9.84 Å². The molecule has 0 bridgehead atoms. The summed E-state index contributed by atoms with van der Waals surface area (Å²) in [5, 5.41) is 8.88. The van der Waals surface area contributed by atoms with E-state index in [0.29, 0.717) is 11.3 Å². The van der Waals surface area contributed by atoms with E-state index in [2.05, 4.69) is 4.98 Å². The zero-order chi connectivity index (χ0) is 10.1. The molecule has 0 spiro atoms. The highest BCUT2D eigenvalue weighted by atomic mass is 16.5. The minimum atomic E-state index is -0.990. The van der Waals surface area contributed by atoms with E-state index in [1.165, 1.54) is 23.9 Å². The molecular formula is C9H8N2O3. The summed E-state index contributed by atoms with van der Waals surface area (Å²) in [6.07, 6.45) is 3.01. The average Bonchev–Trinajstić information content (AvgIpc) is 2.64. The van der Waals surface area contributed by atoms with Crippen molar-refractivity contribution in [3.8, 4) is 5.75 Å². The van der Waals surface area contributed by atoms with E-state index in [1.807, 2.05) is 0 Å². The molecule has 0 radical (unpaired) electrons. The number of aromatic carboxylic acids is 1. The van der Waals surface area contributed by atoms with Gasteiger partial charge in [-0.2, -0.15) is 0 Å². The van der Waals surface area contributed by atoms with Crippen LogP contribution in [0.15, 0.2) is 24.7 Å². The van der Waals surface area contributed by atoms with Gasteiger partial charge >= 0.3 is 5.97 Å². The molecule has 0 atom stereocenters. The fourth-order valence-electron chi connectivity index (χ4n) is 1.34. The van der Waals surface area contributed by atoms with Gasteiger partial charge in [0.15, 0.2) is 0 Å². The number of aromatic nitrogens is 2. The van der Waals surface area contributed by atoms with Crippen LogP contribution in [0.3, 0.4) is 0 Å². The van der Waals surface area contributed by atoms with Crippen LogP contribution in [-0.4, -0.2) is 27.6 Å². The maximum absolute atomic E-state index is 10.8. The van der Waals surface area contributed by atoms with E-state index in [0.717, 1.165) is 0 Å². The Bertz CT molecular complexity index is 490. The van der Waals surface area contributed by atoms with Gasteiger partial charge < -0.3 is 9.84 Å². The molecule has 2 rings (SSSR count). The quantitative estimate of drug-likeness (QED) is 0.772. The molecule has 72 valence electrons. The Kier molecular flexibility index (Phi) is 1.85. The Hall–Kier alpha value is -2.04. The van der Waals surface area contributed by atoms with E-state index in [1.54, 1.807) is 12.3 Å². The second kappa shape index (κ2) is 3.02. The Labute approximate surface area is 79.6 Å². The van der Waals surface area contributed by atoms with E-state index >= 15 is 0 Å². The Morgan fingerprint density at radius 1 is 1.57 bits per heavy atom. The monoisotopic (exact) mass is 192 g/mol. The summed E-state index contributed by atoms with van der Waals surface area (Å²) in [7, 11) is 1.53. The third-order valence-electron chi connectivity index (χ3n) is 1.98. The number of hydrogen-bond acceptors (Lipinski definition) is 3. The van der Waals surface area contributed by atoms with Crippen LogP contribution in [0.1, 0.15) is 10.5 Å². The molecule has 5 nitrogen and oxygen atoms in total. The number of carboxylic acid groups (broad SMARTS) is 1. The van der Waals surface area contributed by atoms with Crippen LogP contribution in [0.5, 0.6) is 5.75 Å². The van der Waals surface area contributed by atoms with Gasteiger partial charge in [-0.3, -0.25) is 4.40 Å². The van der Waals surface area contributed by atoms with Crippen molar-refractivity contribution in [1.29, 1.82) is 0 Å². The minimum Gasteiger partial charge on any atom is -0.494 e. The van der Waals surface area contributed by atoms with Gasteiger partial charge in [-0.1, -0.05) is 0 Å². The van der Waals surface area contributed by atoms with Crippen molar-refractivity contribution in [1.82, 2.24) is 9.38 Å². The number of imidazole rings is 1. The first-order valence-electron chi connectivity index (χ1n) is 3.96. The van der Waals surface area contributed by atoms with Crippen LogP contribution in [0.2, 0.25) is 0 Å². The Morgan fingerprint density at radius 3 is 3.00 bits per heavy atom. The first-order chi connectivity index (χ1) is 6.74. The van der Waals surface area contributed by atoms with Gasteiger partial charge in [-0.05, 0) is 12.1 Å². The summed E-state index contributed by atoms with van der Waals surface area (Å²) in [5.41, 5.74) is 0.811. The first kappa shape index (κ1) is 8.55. The van der Waals surface area contributed by atoms with Gasteiger partial charge in [0, 0.05) is 0 Å². The van der Waals surface area contributed by atoms with Crippen LogP contribution in [0.25, 0.3) is 5.52 Å². The molecule has 14 heavy (non-hydrogen) atoms. The van der Waals surface area contributed by atoms with Gasteiger partial charge in [-0.15, -0.1) is 0 Å². The number of pyridine rings is 1. The molecule has 5 heteroatoms. The third kappa shape index (κ3) is 1.10. The predicted octanol–water partition coefficient (Wildman–Crippen LogP) is 1.04. The number of ether oxygens (including phenoxy) is 1. The fourth-order valence-corrected chi connectivity index (χ4v) is 1.34. The molecule has 0 fully saturated rings. The SMILES string of the molecule is COc1ccc(C(=O)O)n2cncc12. The summed E-state index contributed by atoms with van der Waals surface area (Å²) in [4.78, 5) is 14.7. The molecule has 0 unspecified atom stereocenters. The lowest BCUT2D eigenvalue weighted by Gasteiger charge is -2.04. The van der Waals surface area contributed by atoms with Crippen molar-refractivity contribution in [3.05, 3.63) is 30.4 Å². The van der Waals surface area contributed by atoms with E-state index in [-0.39, 0.29) is 5.69 Å². The fraction of sp³-hybridized carbons (Fsp3) is 0.111. The molecule has 0 aliphatic heterocycles. The number of nitrogens with zero attached hydrogens (tertiary/aromatic N) is 2. The Balaban J connectivity index is 2.78. The van der Waals surface area contributed by atoms with Crippen molar-refractivity contribution in [2.75, 3.05) is 7.11 Å². The normalized spacial score (nSPS) is 10.4. The largest absolute Gasteiger partial charge is 0.494 e. The highest BCUT2D eigenvalue weighted by molar-refractivity contribution is 5.87. The van der Waals surface area contributed by atoms with E-state index in [9.17, 15) is 4.79 Å². The van der Waals surface area contributed by atoms with Gasteiger partial charge in [0.2, 0.25) is 0 Å². The molecule has 2 aromatic heterocycles. The second-order valence-corrected chi connectivity index (χ2v) is 2.74. The number of carbonyl (C=O) groups is 1. The lowest BCUT2D eigenvalue weighted by atomic mass is 10.3. The average molecular weight is 192 g/mol. The molecule has 0 aliphatic carbocycles. The summed E-state index contributed by atoms with van der Waals surface area (Å²) in [5.74, 6) is -0.386. The zero-order valence-electron chi connectivity index (χ0n) is 7.47. The number of hydrogen-bond donors (Lipinski definition) is 1. The van der Waals surface area contributed by atoms with Crippen LogP contribution >= 0.6 is 0 Å². The van der Waals surface area contributed by atoms with Gasteiger partial charge in [-0.25, -0.2) is 9.78 Å². The molecule has 0 saturated heterocycles. The van der Waals surface area contributed by atoms with Crippen molar-refractivity contribution in [3.63, 3.8) is 0 Å². The second-order valence-electron chi connectivity index (χ2n) is 2.74. The summed E-state index contributed by atoms with van der Waals surface area (Å²) >= 11 is 0. The van der Waals surface area contributed by atoms with Crippen molar-refractivity contribution >= 4 is 11.5 Å². The molecule has 1 N–H and O–H groups in total. The van der Waals surface area contributed by atoms with Crippen LogP contribution in [0, 0.1) is 0 Å². The predicted molar refractivity (Wildman–Crippen MR) is 48.7 cm³/mol. The molecule has 0 saturated carbocycles. The molecule has 0 aromatic carbocycles. The van der Waals surface area contributed by atoms with E-state index < -0.39 is 5.97 Å². The lowest BCUT2D eigenvalue weighted by Crippen LogP contribution is -2.04. The Morgan fingerprint density at radius 2 is 2.36 bits per heavy atom. The summed E-state index contributed by atoms with van der Waals surface area (Å²) < 4.78 is 6.54. The number of carboxylic acids is 1. The first-order valence-corrected chi connectivity index (χ1v) is 3.96. The molecule has 0 amide bonds. The van der Waals surface area contributed by atoms with Crippen molar-refractivity contribution in [2.45, 2.75) is 0 Å². The highest BCUT2D eigenvalue weighted by Gasteiger charge is 2.10. The number of rotatable bonds is 2. The standard InChI is InChI=1S/C9H8N2O3/c1-14-8-3-2-6(9(12)13)11-5-10-4-7(8)11/h2-5H,1H3,(H,12,13). The van der Waals surface area contributed by atoms with Gasteiger partial charge in [0.1, 0.15) is 17.0 Å². The molecule has 0 aliphatic rings. The topological polar surface area (TPSA) is 63.8 Å². The van der Waals surface area contributed by atoms with Crippen molar-refractivity contribution in [2.24, 2.45) is 0 Å². The maximum atomic E-state index is 10.8. The van der Waals surface area contributed by atoms with Gasteiger partial charge in [0.05, 0.1) is 19.6 Å². The summed E-state index contributed by atoms with van der Waals surface area (Å²) in [6.45, 7) is 0. The summed E-state index contributed by atoms with van der Waals surface area (Å²) in [6, 6.07) is 3.09. The number of methoxy groups -OCH3 is 1. The minimum absolute atomic E-state index is 0.165. The highest BCUT2D eigenvalue weighted by Crippen LogP contribution is 2.20. The van der Waals surface area contributed by atoms with Crippen molar-refractivity contribution < 1.29 is 14.6 Å². The van der Waals surface area contributed by atoms with Crippen LogP contribution < -0.4 is 4.74 Å². The van der Waals surface area contributed by atoms with Gasteiger partial charge in [0.25, 0.3) is 0 Å². The van der Waals surface area contributed by atoms with Crippen LogP contribution in [-0.2, 0) is 0 Å². The molecule has 2 aromatic rings. The third-order valence-corrected chi connectivity index (χ3v) is 1.98. The maximum Gasteiger partial charge on any atom is 0.352 e.